The van der Waals surface area contributed by atoms with Crippen LogP contribution >= 0.6 is 45.3 Å². The van der Waals surface area contributed by atoms with E-state index in [0.29, 0.717) is 48.4 Å². The third-order valence-electron chi connectivity index (χ3n) is 9.23. The summed E-state index contributed by atoms with van der Waals surface area (Å²) in [5.41, 5.74) is 3.32. The highest BCUT2D eigenvalue weighted by atomic mass is 32.1. The molecular formula is C40H44N6O7S4Si. The van der Waals surface area contributed by atoms with Gasteiger partial charge in [0, 0.05) is 27.1 Å². The molecule has 0 aliphatic carbocycles. The molecule has 5 aromatic heterocycles. The number of rotatable bonds is 12. The molecule has 0 spiro atoms. The molecule has 1 aromatic carbocycles. The number of ether oxygens (including phenoxy) is 3. The molecule has 0 aliphatic heterocycles. The van der Waals surface area contributed by atoms with Crippen LogP contribution in [0.15, 0.2) is 64.0 Å². The number of amides is 1. The van der Waals surface area contributed by atoms with E-state index in [4.69, 9.17) is 33.6 Å². The average Bonchev–Trinajstić information content (AvgIpc) is 4.01. The van der Waals surface area contributed by atoms with Crippen molar-refractivity contribution in [2.24, 2.45) is 0 Å². The largest absolute Gasteiger partial charge is 0.464 e. The summed E-state index contributed by atoms with van der Waals surface area (Å²) in [5, 5.41) is 12.3. The van der Waals surface area contributed by atoms with E-state index in [-0.39, 0.29) is 16.4 Å². The lowest BCUT2D eigenvalue weighted by molar-refractivity contribution is 0.0429. The van der Waals surface area contributed by atoms with Crippen molar-refractivity contribution >= 4 is 71.7 Å². The van der Waals surface area contributed by atoms with Crippen molar-refractivity contribution < 1.29 is 33.0 Å². The minimum Gasteiger partial charge on any atom is -0.464 e. The molecule has 0 saturated heterocycles. The Hall–Kier alpha value is -4.72. The third kappa shape index (κ3) is 9.75. The molecular weight excluding hydrogens is 833 g/mol. The van der Waals surface area contributed by atoms with Gasteiger partial charge in [-0.25, -0.2) is 39.3 Å². The van der Waals surface area contributed by atoms with E-state index in [1.165, 1.54) is 59.6 Å². The van der Waals surface area contributed by atoms with Crippen molar-refractivity contribution in [1.29, 1.82) is 0 Å². The molecule has 6 rings (SSSR count). The molecule has 1 amide bonds. The Bertz CT molecular complexity index is 2410. The van der Waals surface area contributed by atoms with Crippen LogP contribution in [0.3, 0.4) is 0 Å². The van der Waals surface area contributed by atoms with Gasteiger partial charge in [0.25, 0.3) is 0 Å². The van der Waals surface area contributed by atoms with Crippen LogP contribution in [0, 0.1) is 0 Å². The van der Waals surface area contributed by atoms with Crippen LogP contribution in [0.5, 0.6) is 0 Å². The van der Waals surface area contributed by atoms with Gasteiger partial charge in [0.05, 0.1) is 26.0 Å². The normalized spacial score (nSPS) is 13.1. The van der Waals surface area contributed by atoms with E-state index in [0.717, 1.165) is 5.56 Å². The number of pyridine rings is 1. The highest BCUT2D eigenvalue weighted by Gasteiger charge is 2.43. The standard InChI is InChI=1S/C40H44N6O7S4Si/c1-39(2,3)52-38(49)46-30(31(22-14-12-11-13-15-22)53-58(9,10)40(4,5)6)35-43-26(19-57-35)34-42-25(18-55-34)29-23(32-44-27(20-54-32)36(47)50-7)16-17-24(41-29)33-45-28(21-56-33)37(48)51-8/h11-21,30-31H,1-10H3,(H,46,49)/t30-,31-/m0/s1. The van der Waals surface area contributed by atoms with Gasteiger partial charge < -0.3 is 24.0 Å². The molecule has 0 fully saturated rings. The number of thiazole rings is 4. The number of carbonyl (C=O) groups excluding carboxylic acids is 3. The first-order valence-electron chi connectivity index (χ1n) is 18.1. The van der Waals surface area contributed by atoms with Crippen molar-refractivity contribution in [2.45, 2.75) is 77.4 Å². The predicted octanol–water partition coefficient (Wildman–Crippen LogP) is 10.5. The highest BCUT2D eigenvalue weighted by molar-refractivity contribution is 7.14. The van der Waals surface area contributed by atoms with Gasteiger partial charge in [-0.15, -0.1) is 45.3 Å². The number of carbonyl (C=O) groups is 3. The van der Waals surface area contributed by atoms with Gasteiger partial charge in [0.2, 0.25) is 0 Å². The Balaban J connectivity index is 1.42. The number of methoxy groups -OCH3 is 2. The molecule has 0 bridgehead atoms. The van der Waals surface area contributed by atoms with Crippen LogP contribution < -0.4 is 5.32 Å². The zero-order valence-electron chi connectivity index (χ0n) is 33.7. The van der Waals surface area contributed by atoms with Crippen molar-refractivity contribution in [3.8, 4) is 43.4 Å². The Morgan fingerprint density at radius 3 is 1.88 bits per heavy atom. The van der Waals surface area contributed by atoms with Crippen molar-refractivity contribution in [3.05, 3.63) is 85.9 Å². The number of hydrogen-bond acceptors (Lipinski definition) is 16. The molecule has 0 saturated carbocycles. The number of nitrogens with zero attached hydrogens (tertiary/aromatic N) is 5. The average molecular weight is 877 g/mol. The molecule has 5 heterocycles. The number of benzene rings is 1. The zero-order valence-corrected chi connectivity index (χ0v) is 38.0. The molecule has 0 aliphatic rings. The lowest BCUT2D eigenvalue weighted by atomic mass is 10.0. The van der Waals surface area contributed by atoms with Gasteiger partial charge in [-0.1, -0.05) is 51.1 Å². The molecule has 58 heavy (non-hydrogen) atoms. The van der Waals surface area contributed by atoms with E-state index in [2.05, 4.69) is 49.1 Å². The molecule has 2 atom stereocenters. The maximum Gasteiger partial charge on any atom is 0.408 e. The van der Waals surface area contributed by atoms with E-state index < -0.39 is 44.1 Å². The van der Waals surface area contributed by atoms with Crippen LogP contribution in [0.4, 0.5) is 4.79 Å². The monoisotopic (exact) mass is 876 g/mol. The predicted molar refractivity (Wildman–Crippen MR) is 231 cm³/mol. The molecule has 0 radical (unpaired) electrons. The number of esters is 2. The summed E-state index contributed by atoms with van der Waals surface area (Å²) in [6, 6.07) is 12.8. The summed E-state index contributed by atoms with van der Waals surface area (Å²) in [4.78, 5) is 62.0. The van der Waals surface area contributed by atoms with E-state index >= 15 is 0 Å². The van der Waals surface area contributed by atoms with Crippen LogP contribution in [0.2, 0.25) is 18.1 Å². The quantitative estimate of drug-likeness (QED) is 0.0704. The van der Waals surface area contributed by atoms with Gasteiger partial charge in [-0.3, -0.25) is 0 Å². The van der Waals surface area contributed by atoms with Crippen LogP contribution in [0.1, 0.15) is 85.2 Å². The number of nitrogens with one attached hydrogen (secondary N) is 1. The first-order chi connectivity index (χ1) is 27.4. The Labute approximate surface area is 354 Å². The summed E-state index contributed by atoms with van der Waals surface area (Å²) < 4.78 is 22.6. The Kier molecular flexibility index (Phi) is 12.7. The molecule has 0 unspecified atom stereocenters. The maximum atomic E-state index is 13.5. The Morgan fingerprint density at radius 2 is 1.26 bits per heavy atom. The van der Waals surface area contributed by atoms with Gasteiger partial charge in [0.1, 0.15) is 48.8 Å². The van der Waals surface area contributed by atoms with Crippen molar-refractivity contribution in [2.75, 3.05) is 14.2 Å². The van der Waals surface area contributed by atoms with Gasteiger partial charge in [0.15, 0.2) is 19.7 Å². The zero-order chi connectivity index (χ0) is 42.0. The summed E-state index contributed by atoms with van der Waals surface area (Å²) in [6.45, 7) is 16.4. The molecule has 6 aromatic rings. The minimum absolute atomic E-state index is 0.116. The lowest BCUT2D eigenvalue weighted by Gasteiger charge is -2.41. The fraction of sp³-hybridized carbons (Fsp3) is 0.350. The third-order valence-corrected chi connectivity index (χ3v) is 17.2. The number of hydrogen-bond donors (Lipinski definition) is 1. The van der Waals surface area contributed by atoms with Crippen molar-refractivity contribution in [1.82, 2.24) is 30.2 Å². The molecule has 1 N–H and O–H groups in total. The molecule has 18 heteroatoms. The number of alkyl carbamates (subject to hydrolysis) is 1. The van der Waals surface area contributed by atoms with Gasteiger partial charge >= 0.3 is 18.0 Å². The summed E-state index contributed by atoms with van der Waals surface area (Å²) >= 11 is 5.32. The second-order valence-corrected chi connectivity index (χ2v) is 23.8. The van der Waals surface area contributed by atoms with Crippen LogP contribution in [-0.2, 0) is 18.6 Å². The second kappa shape index (κ2) is 17.2. The highest BCUT2D eigenvalue weighted by Crippen LogP contribution is 2.45. The maximum absolute atomic E-state index is 13.5. The number of aromatic nitrogens is 5. The Morgan fingerprint density at radius 1 is 0.672 bits per heavy atom. The first-order valence-corrected chi connectivity index (χ1v) is 24.5. The summed E-state index contributed by atoms with van der Waals surface area (Å²) in [5.74, 6) is -1.10. The first kappa shape index (κ1) is 42.9. The lowest BCUT2D eigenvalue weighted by Crippen LogP contribution is -2.45. The van der Waals surface area contributed by atoms with Crippen LogP contribution in [0.25, 0.3) is 43.4 Å². The van der Waals surface area contributed by atoms with E-state index in [9.17, 15) is 14.4 Å². The fourth-order valence-corrected chi connectivity index (χ4v) is 9.88. The fourth-order valence-electron chi connectivity index (χ4n) is 5.33. The molecule has 304 valence electrons. The van der Waals surface area contributed by atoms with Crippen LogP contribution in [-0.4, -0.2) is 71.1 Å². The van der Waals surface area contributed by atoms with E-state index in [1.54, 1.807) is 16.8 Å². The van der Waals surface area contributed by atoms with E-state index in [1.807, 2.05) is 67.9 Å². The minimum atomic E-state index is -2.40. The van der Waals surface area contributed by atoms with Gasteiger partial charge in [-0.2, -0.15) is 0 Å². The smallest absolute Gasteiger partial charge is 0.408 e. The SMILES string of the molecule is COC(=O)c1csc(-c2ccc(-c3nc(C(=O)OC)cs3)c(-c3csc(-c4csc([C@@H](NC(=O)OC(C)(C)C)[C@@H](O[Si](C)(C)C(C)(C)C)c5ccccc5)n4)n3)n2)n1. The van der Waals surface area contributed by atoms with Crippen molar-refractivity contribution in [3.63, 3.8) is 0 Å². The summed E-state index contributed by atoms with van der Waals surface area (Å²) in [7, 11) is 0.206. The summed E-state index contributed by atoms with van der Waals surface area (Å²) in [6.07, 6.45) is -1.16. The second-order valence-electron chi connectivity index (χ2n) is 15.6. The van der Waals surface area contributed by atoms with Gasteiger partial charge in [-0.05, 0) is 56.6 Å². The topological polar surface area (TPSA) is 165 Å². The molecule has 13 nitrogen and oxygen atoms in total.